The van der Waals surface area contributed by atoms with Crippen LogP contribution >= 0.6 is 0 Å². The number of ether oxygens (including phenoxy) is 1. The lowest BCUT2D eigenvalue weighted by Crippen LogP contribution is -2.24. The van der Waals surface area contributed by atoms with Crippen molar-refractivity contribution in [3.05, 3.63) is 23.8 Å². The molecule has 0 bridgehead atoms. The number of nitrogens with one attached hydrogen (secondary N) is 1. The molecule has 0 fully saturated rings. The van der Waals surface area contributed by atoms with Crippen LogP contribution in [0.2, 0.25) is 0 Å². The number of anilines is 1. The van der Waals surface area contributed by atoms with Crippen molar-refractivity contribution < 1.29 is 9.84 Å². The Labute approximate surface area is 110 Å². The molecule has 1 rings (SSSR count). The average Bonchev–Trinajstić information content (AvgIpc) is 2.37. The summed E-state index contributed by atoms with van der Waals surface area (Å²) in [5, 5.41) is 12.9. The van der Waals surface area contributed by atoms with Gasteiger partial charge in [0.15, 0.2) is 0 Å². The highest BCUT2D eigenvalue weighted by Crippen LogP contribution is 2.24. The molecule has 0 radical (unpaired) electrons. The fourth-order valence-electron chi connectivity index (χ4n) is 2.04. The molecule has 0 aliphatic rings. The summed E-state index contributed by atoms with van der Waals surface area (Å²) in [6, 6.07) is 6.35. The monoisotopic (exact) mass is 251 g/mol. The van der Waals surface area contributed by atoms with E-state index >= 15 is 0 Å². The fraction of sp³-hybridized carbons (Fsp3) is 0.600. The standard InChI is InChI=1S/C15H25NO2/c1-5-14(11(3)4)16-13-7-8-15(18-6-2)12(9-13)10-17/h7-9,11,14,16-17H,5-6,10H2,1-4H3. The molecular formula is C15H25NO2. The molecule has 0 heterocycles. The van der Waals surface area contributed by atoms with Gasteiger partial charge < -0.3 is 15.2 Å². The molecule has 18 heavy (non-hydrogen) atoms. The summed E-state index contributed by atoms with van der Waals surface area (Å²) >= 11 is 0. The third kappa shape index (κ3) is 3.91. The molecule has 102 valence electrons. The molecule has 1 aromatic carbocycles. The van der Waals surface area contributed by atoms with Gasteiger partial charge in [-0.1, -0.05) is 20.8 Å². The van der Waals surface area contributed by atoms with Gasteiger partial charge in [0.2, 0.25) is 0 Å². The molecule has 2 N–H and O–H groups in total. The van der Waals surface area contributed by atoms with E-state index in [-0.39, 0.29) is 6.61 Å². The van der Waals surface area contributed by atoms with E-state index < -0.39 is 0 Å². The molecule has 1 aromatic rings. The predicted molar refractivity (Wildman–Crippen MR) is 76.1 cm³/mol. The van der Waals surface area contributed by atoms with Gasteiger partial charge >= 0.3 is 0 Å². The van der Waals surface area contributed by atoms with Crippen molar-refractivity contribution >= 4 is 5.69 Å². The van der Waals surface area contributed by atoms with E-state index in [1.807, 2.05) is 25.1 Å². The Kier molecular flexibility index (Phi) is 5.99. The van der Waals surface area contributed by atoms with Crippen molar-refractivity contribution in [3.8, 4) is 5.75 Å². The zero-order chi connectivity index (χ0) is 13.5. The van der Waals surface area contributed by atoms with Gasteiger partial charge in [0.05, 0.1) is 13.2 Å². The topological polar surface area (TPSA) is 41.5 Å². The van der Waals surface area contributed by atoms with Gasteiger partial charge in [-0.05, 0) is 37.5 Å². The first-order valence-corrected chi connectivity index (χ1v) is 6.75. The molecule has 3 heteroatoms. The molecule has 3 nitrogen and oxygen atoms in total. The van der Waals surface area contributed by atoms with Crippen LogP contribution in [0.25, 0.3) is 0 Å². The van der Waals surface area contributed by atoms with Crippen LogP contribution in [0.3, 0.4) is 0 Å². The van der Waals surface area contributed by atoms with Crippen LogP contribution < -0.4 is 10.1 Å². The zero-order valence-electron chi connectivity index (χ0n) is 11.9. The van der Waals surface area contributed by atoms with E-state index in [1.54, 1.807) is 0 Å². The average molecular weight is 251 g/mol. The Balaban J connectivity index is 2.84. The number of aliphatic hydroxyl groups is 1. The van der Waals surface area contributed by atoms with E-state index in [1.165, 1.54) is 0 Å². The smallest absolute Gasteiger partial charge is 0.124 e. The Morgan fingerprint density at radius 2 is 2.00 bits per heavy atom. The Morgan fingerprint density at radius 3 is 2.50 bits per heavy atom. The number of aliphatic hydroxyl groups excluding tert-OH is 1. The van der Waals surface area contributed by atoms with Crippen molar-refractivity contribution in [3.63, 3.8) is 0 Å². The minimum atomic E-state index is 0.00330. The first-order chi connectivity index (χ1) is 8.62. The molecule has 1 atom stereocenters. The SMILES string of the molecule is CCOc1ccc(NC(CC)C(C)C)cc1CO. The summed E-state index contributed by atoms with van der Waals surface area (Å²) in [7, 11) is 0. The second kappa shape index (κ2) is 7.27. The van der Waals surface area contributed by atoms with Crippen molar-refractivity contribution in [2.24, 2.45) is 5.92 Å². The molecule has 0 saturated carbocycles. The third-order valence-corrected chi connectivity index (χ3v) is 3.13. The van der Waals surface area contributed by atoms with Gasteiger partial charge in [-0.2, -0.15) is 0 Å². The second-order valence-electron chi connectivity index (χ2n) is 4.82. The summed E-state index contributed by atoms with van der Waals surface area (Å²) in [5.74, 6) is 1.35. The molecular weight excluding hydrogens is 226 g/mol. The maximum Gasteiger partial charge on any atom is 0.124 e. The minimum absolute atomic E-state index is 0.00330. The first-order valence-electron chi connectivity index (χ1n) is 6.75. The normalized spacial score (nSPS) is 12.6. The van der Waals surface area contributed by atoms with Crippen LogP contribution in [0.15, 0.2) is 18.2 Å². The maximum absolute atomic E-state index is 9.36. The number of benzene rings is 1. The largest absolute Gasteiger partial charge is 0.494 e. The third-order valence-electron chi connectivity index (χ3n) is 3.13. The van der Waals surface area contributed by atoms with Crippen LogP contribution in [0.4, 0.5) is 5.69 Å². The molecule has 1 unspecified atom stereocenters. The van der Waals surface area contributed by atoms with Crippen LogP contribution in [-0.4, -0.2) is 17.8 Å². The van der Waals surface area contributed by atoms with Crippen LogP contribution in [0, 0.1) is 5.92 Å². The summed E-state index contributed by atoms with van der Waals surface area (Å²) < 4.78 is 5.47. The molecule has 0 spiro atoms. The van der Waals surface area contributed by atoms with E-state index in [2.05, 4.69) is 26.1 Å². The van der Waals surface area contributed by atoms with Crippen molar-refractivity contribution in [1.29, 1.82) is 0 Å². The lowest BCUT2D eigenvalue weighted by atomic mass is 10.0. The highest BCUT2D eigenvalue weighted by molar-refractivity contribution is 5.51. The van der Waals surface area contributed by atoms with Crippen molar-refractivity contribution in [1.82, 2.24) is 0 Å². The van der Waals surface area contributed by atoms with E-state index in [0.717, 1.165) is 23.4 Å². The number of hydrogen-bond donors (Lipinski definition) is 2. The highest BCUT2D eigenvalue weighted by Gasteiger charge is 2.11. The first kappa shape index (κ1) is 14.8. The van der Waals surface area contributed by atoms with Gasteiger partial charge in [0.25, 0.3) is 0 Å². The van der Waals surface area contributed by atoms with Crippen LogP contribution in [0.1, 0.15) is 39.7 Å². The van der Waals surface area contributed by atoms with Crippen molar-refractivity contribution in [2.45, 2.75) is 46.8 Å². The fourth-order valence-corrected chi connectivity index (χ4v) is 2.04. The van der Waals surface area contributed by atoms with E-state index in [4.69, 9.17) is 4.74 Å². The van der Waals surface area contributed by atoms with Gasteiger partial charge in [0, 0.05) is 17.3 Å². The van der Waals surface area contributed by atoms with Gasteiger partial charge in [-0.25, -0.2) is 0 Å². The summed E-state index contributed by atoms with van der Waals surface area (Å²) in [6.07, 6.45) is 1.08. The quantitative estimate of drug-likeness (QED) is 0.780. The number of rotatable bonds is 7. The number of hydrogen-bond acceptors (Lipinski definition) is 3. The molecule has 0 aliphatic heterocycles. The lowest BCUT2D eigenvalue weighted by molar-refractivity contribution is 0.267. The molecule has 0 amide bonds. The Bertz CT molecular complexity index is 364. The van der Waals surface area contributed by atoms with Crippen molar-refractivity contribution in [2.75, 3.05) is 11.9 Å². The zero-order valence-corrected chi connectivity index (χ0v) is 11.9. The predicted octanol–water partition coefficient (Wildman–Crippen LogP) is 3.42. The summed E-state index contributed by atoms with van der Waals surface area (Å²) in [6.45, 7) is 9.16. The van der Waals surface area contributed by atoms with E-state index in [0.29, 0.717) is 18.6 Å². The molecule has 0 aromatic heterocycles. The van der Waals surface area contributed by atoms with Gasteiger partial charge in [0.1, 0.15) is 5.75 Å². The second-order valence-corrected chi connectivity index (χ2v) is 4.82. The van der Waals surface area contributed by atoms with Crippen LogP contribution in [0.5, 0.6) is 5.75 Å². The van der Waals surface area contributed by atoms with E-state index in [9.17, 15) is 5.11 Å². The van der Waals surface area contributed by atoms with Crippen LogP contribution in [-0.2, 0) is 6.61 Å². The maximum atomic E-state index is 9.36. The Morgan fingerprint density at radius 1 is 1.28 bits per heavy atom. The summed E-state index contributed by atoms with van der Waals surface area (Å²) in [5.41, 5.74) is 1.88. The Hall–Kier alpha value is -1.22. The van der Waals surface area contributed by atoms with Gasteiger partial charge in [-0.15, -0.1) is 0 Å². The minimum Gasteiger partial charge on any atom is -0.494 e. The molecule has 0 saturated heterocycles. The highest BCUT2D eigenvalue weighted by atomic mass is 16.5. The molecule has 0 aliphatic carbocycles. The summed E-state index contributed by atoms with van der Waals surface area (Å²) in [4.78, 5) is 0. The lowest BCUT2D eigenvalue weighted by Gasteiger charge is -2.22. The van der Waals surface area contributed by atoms with Gasteiger partial charge in [-0.3, -0.25) is 0 Å².